The van der Waals surface area contributed by atoms with Crippen molar-refractivity contribution in [2.45, 2.75) is 37.1 Å². The molecule has 10 heteroatoms. The molecule has 0 bridgehead atoms. The van der Waals surface area contributed by atoms with Crippen molar-refractivity contribution in [1.29, 1.82) is 0 Å². The molecule has 0 spiro atoms. The zero-order chi connectivity index (χ0) is 21.4. The molecule has 1 aromatic heterocycles. The van der Waals surface area contributed by atoms with Crippen molar-refractivity contribution in [3.05, 3.63) is 47.5 Å². The number of nitrogens with one attached hydrogen (secondary N) is 1. The molecule has 5 nitrogen and oxygen atoms in total. The summed E-state index contributed by atoms with van der Waals surface area (Å²) in [4.78, 5) is 9.84. The average Bonchev–Trinajstić information content (AvgIpc) is 3.36. The van der Waals surface area contributed by atoms with Crippen molar-refractivity contribution in [2.75, 3.05) is 34.8 Å². The lowest BCUT2D eigenvalue weighted by molar-refractivity contribution is -0.137. The quantitative estimate of drug-likeness (QED) is 0.675. The molecule has 1 aromatic carbocycles. The van der Waals surface area contributed by atoms with Crippen LogP contribution in [0.25, 0.3) is 0 Å². The molecule has 2 fully saturated rings. The van der Waals surface area contributed by atoms with Gasteiger partial charge in [-0.15, -0.1) is 0 Å². The number of aromatic nitrogens is 2. The summed E-state index contributed by atoms with van der Waals surface area (Å²) >= 11 is 1.65. The Morgan fingerprint density at radius 2 is 2.00 bits per heavy atom. The van der Waals surface area contributed by atoms with Crippen LogP contribution in [0, 0.1) is 5.82 Å². The van der Waals surface area contributed by atoms with E-state index < -0.39 is 23.2 Å². The van der Waals surface area contributed by atoms with Crippen LogP contribution in [0.1, 0.15) is 36.4 Å². The number of nitrogens with zero attached hydrogens (tertiary/aromatic N) is 3. The Hall–Kier alpha value is -2.07. The van der Waals surface area contributed by atoms with E-state index in [0.717, 1.165) is 24.3 Å². The zero-order valence-corrected chi connectivity index (χ0v) is 16.9. The van der Waals surface area contributed by atoms with Crippen LogP contribution in [-0.2, 0) is 6.18 Å². The summed E-state index contributed by atoms with van der Waals surface area (Å²) in [5.74, 6) is 0.955. The molecule has 0 saturated carbocycles. The standard InChI is InChI=1S/C20H22F4N4OS/c21-16-17(25-10-19(29)7-9-30-11-19)26-12-27-18(16)28-8-1-2-15(28)13-3-5-14(6-4-13)20(22,23)24/h3-6,12,15,29H,1-2,7-11H2,(H,25,26,27). The Balaban J connectivity index is 1.54. The summed E-state index contributed by atoms with van der Waals surface area (Å²) in [6, 6.07) is 4.72. The van der Waals surface area contributed by atoms with Crippen molar-refractivity contribution in [3.63, 3.8) is 0 Å². The predicted octanol–water partition coefficient (Wildman–Crippen LogP) is 4.26. The molecule has 0 radical (unpaired) electrons. The van der Waals surface area contributed by atoms with E-state index >= 15 is 4.39 Å². The van der Waals surface area contributed by atoms with Gasteiger partial charge in [-0.1, -0.05) is 12.1 Å². The van der Waals surface area contributed by atoms with Crippen LogP contribution in [-0.4, -0.2) is 45.3 Å². The smallest absolute Gasteiger partial charge is 0.387 e. The van der Waals surface area contributed by atoms with Crippen LogP contribution in [0.15, 0.2) is 30.6 Å². The van der Waals surface area contributed by atoms with Gasteiger partial charge in [-0.2, -0.15) is 29.3 Å². The maximum Gasteiger partial charge on any atom is 0.416 e. The van der Waals surface area contributed by atoms with Gasteiger partial charge in [0.15, 0.2) is 11.6 Å². The van der Waals surface area contributed by atoms with E-state index in [4.69, 9.17) is 0 Å². The molecule has 2 N–H and O–H groups in total. The molecule has 2 atom stereocenters. The lowest BCUT2D eigenvalue weighted by Crippen LogP contribution is -2.37. The highest BCUT2D eigenvalue weighted by molar-refractivity contribution is 7.99. The molecule has 162 valence electrons. The van der Waals surface area contributed by atoms with E-state index in [1.165, 1.54) is 18.5 Å². The molecule has 2 aliphatic heterocycles. The van der Waals surface area contributed by atoms with Gasteiger partial charge in [0.2, 0.25) is 5.82 Å². The van der Waals surface area contributed by atoms with E-state index in [1.54, 1.807) is 16.7 Å². The fraction of sp³-hybridized carbons (Fsp3) is 0.500. The molecule has 3 heterocycles. The highest BCUT2D eigenvalue weighted by Gasteiger charge is 2.34. The molecule has 2 aromatic rings. The van der Waals surface area contributed by atoms with Gasteiger partial charge < -0.3 is 15.3 Å². The van der Waals surface area contributed by atoms with Gasteiger partial charge in [0.1, 0.15) is 6.33 Å². The fourth-order valence-electron chi connectivity index (χ4n) is 3.93. The summed E-state index contributed by atoms with van der Waals surface area (Å²) in [5.41, 5.74) is -0.914. The average molecular weight is 442 g/mol. The molecule has 2 aliphatic rings. The Labute approximate surface area is 175 Å². The summed E-state index contributed by atoms with van der Waals surface area (Å²) in [7, 11) is 0. The number of halogens is 4. The summed E-state index contributed by atoms with van der Waals surface area (Å²) in [5, 5.41) is 13.4. The normalized spacial score (nSPS) is 24.4. The third-order valence-corrected chi connectivity index (χ3v) is 6.82. The molecular formula is C20H22F4N4OS. The van der Waals surface area contributed by atoms with Crippen LogP contribution < -0.4 is 10.2 Å². The van der Waals surface area contributed by atoms with Gasteiger partial charge in [-0.05, 0) is 42.7 Å². The van der Waals surface area contributed by atoms with Crippen molar-refractivity contribution >= 4 is 23.4 Å². The van der Waals surface area contributed by atoms with Gasteiger partial charge in [0.25, 0.3) is 0 Å². The largest absolute Gasteiger partial charge is 0.416 e. The van der Waals surface area contributed by atoms with Crippen molar-refractivity contribution in [1.82, 2.24) is 9.97 Å². The molecule has 2 unspecified atom stereocenters. The Kier molecular flexibility index (Phi) is 5.80. The summed E-state index contributed by atoms with van der Waals surface area (Å²) in [6.07, 6.45) is -1.04. The van der Waals surface area contributed by atoms with E-state index in [-0.39, 0.29) is 24.2 Å². The van der Waals surface area contributed by atoms with E-state index in [2.05, 4.69) is 15.3 Å². The van der Waals surface area contributed by atoms with Crippen LogP contribution in [0.2, 0.25) is 0 Å². The first-order valence-electron chi connectivity index (χ1n) is 9.75. The number of alkyl halides is 3. The van der Waals surface area contributed by atoms with Crippen molar-refractivity contribution in [2.24, 2.45) is 0 Å². The minimum absolute atomic E-state index is 0.0170. The number of thioether (sulfide) groups is 1. The van der Waals surface area contributed by atoms with Crippen LogP contribution in [0.4, 0.5) is 29.2 Å². The molecule has 4 rings (SSSR count). The fourth-order valence-corrected chi connectivity index (χ4v) is 5.22. The van der Waals surface area contributed by atoms with Crippen LogP contribution in [0.5, 0.6) is 0 Å². The zero-order valence-electron chi connectivity index (χ0n) is 16.1. The maximum atomic E-state index is 15.2. The monoisotopic (exact) mass is 442 g/mol. The van der Waals surface area contributed by atoms with Crippen molar-refractivity contribution in [3.8, 4) is 0 Å². The number of aliphatic hydroxyl groups is 1. The minimum atomic E-state index is -4.39. The SMILES string of the molecule is OC1(CNc2ncnc(N3CCCC3c3ccc(C(F)(F)F)cc3)c2F)CCSC1. The number of benzene rings is 1. The second-order valence-corrected chi connectivity index (χ2v) is 8.82. The molecule has 2 saturated heterocycles. The van der Waals surface area contributed by atoms with Gasteiger partial charge in [-0.3, -0.25) is 0 Å². The van der Waals surface area contributed by atoms with Gasteiger partial charge in [0.05, 0.1) is 17.2 Å². The number of anilines is 2. The topological polar surface area (TPSA) is 61.3 Å². The van der Waals surface area contributed by atoms with E-state index in [9.17, 15) is 18.3 Å². The molecular weight excluding hydrogens is 420 g/mol. The van der Waals surface area contributed by atoms with Crippen molar-refractivity contribution < 1.29 is 22.7 Å². The Morgan fingerprint density at radius 3 is 2.67 bits per heavy atom. The second-order valence-electron chi connectivity index (χ2n) is 7.71. The highest BCUT2D eigenvalue weighted by Crippen LogP contribution is 2.38. The van der Waals surface area contributed by atoms with Crippen LogP contribution in [0.3, 0.4) is 0 Å². The second kappa shape index (κ2) is 8.22. The predicted molar refractivity (Wildman–Crippen MR) is 108 cm³/mol. The third-order valence-electron chi connectivity index (χ3n) is 5.59. The Morgan fingerprint density at radius 1 is 1.23 bits per heavy atom. The number of hydrogen-bond donors (Lipinski definition) is 2. The lowest BCUT2D eigenvalue weighted by atomic mass is 10.0. The Bertz CT molecular complexity index is 887. The van der Waals surface area contributed by atoms with Crippen LogP contribution >= 0.6 is 11.8 Å². The summed E-state index contributed by atoms with van der Waals surface area (Å²) < 4.78 is 53.7. The minimum Gasteiger partial charge on any atom is -0.387 e. The first-order valence-corrected chi connectivity index (χ1v) is 10.9. The third kappa shape index (κ3) is 4.34. The van der Waals surface area contributed by atoms with E-state index in [1.807, 2.05) is 0 Å². The number of hydrogen-bond acceptors (Lipinski definition) is 6. The molecule has 30 heavy (non-hydrogen) atoms. The summed E-state index contributed by atoms with van der Waals surface area (Å²) in [6.45, 7) is 0.731. The number of rotatable bonds is 5. The van der Waals surface area contributed by atoms with Gasteiger partial charge in [-0.25, -0.2) is 9.97 Å². The first kappa shape index (κ1) is 21.2. The van der Waals surface area contributed by atoms with Gasteiger partial charge in [0, 0.05) is 18.8 Å². The highest BCUT2D eigenvalue weighted by atomic mass is 32.2. The van der Waals surface area contributed by atoms with Gasteiger partial charge >= 0.3 is 6.18 Å². The lowest BCUT2D eigenvalue weighted by Gasteiger charge is -2.27. The van der Waals surface area contributed by atoms with E-state index in [0.29, 0.717) is 30.7 Å². The first-order chi connectivity index (χ1) is 14.3. The molecule has 0 aliphatic carbocycles. The molecule has 0 amide bonds. The maximum absolute atomic E-state index is 15.2.